The van der Waals surface area contributed by atoms with E-state index < -0.39 is 0 Å². The Balaban J connectivity index is 2.35. The van der Waals surface area contributed by atoms with Crippen molar-refractivity contribution in [2.45, 2.75) is 13.0 Å². The summed E-state index contributed by atoms with van der Waals surface area (Å²) in [6.45, 7) is 1.73. The molecule has 1 aromatic rings. The van der Waals surface area contributed by atoms with Crippen molar-refractivity contribution in [1.82, 2.24) is 4.90 Å². The molecule has 0 radical (unpaired) electrons. The predicted octanol–water partition coefficient (Wildman–Crippen LogP) is 1.57. The lowest BCUT2D eigenvalue weighted by Crippen LogP contribution is -2.09. The molecule has 0 aromatic carbocycles. The standard InChI is InChI=1S/C10H17NO2S/c1-11(2)7-10-6-9(8-14-10)13-5-3-4-12/h6,8,12H,3-5,7H2,1-2H3. The van der Waals surface area contributed by atoms with Crippen LogP contribution in [0.4, 0.5) is 0 Å². The molecular weight excluding hydrogens is 198 g/mol. The molecule has 1 aromatic heterocycles. The normalized spacial score (nSPS) is 10.9. The maximum absolute atomic E-state index is 8.58. The molecule has 4 heteroatoms. The Labute approximate surface area is 88.9 Å². The van der Waals surface area contributed by atoms with Crippen LogP contribution in [-0.2, 0) is 6.54 Å². The minimum atomic E-state index is 0.189. The first kappa shape index (κ1) is 11.5. The minimum absolute atomic E-state index is 0.189. The number of nitrogens with zero attached hydrogens (tertiary/aromatic N) is 1. The van der Waals surface area contributed by atoms with Gasteiger partial charge in [0.05, 0.1) is 6.61 Å². The van der Waals surface area contributed by atoms with Crippen molar-refractivity contribution >= 4 is 11.3 Å². The highest BCUT2D eigenvalue weighted by molar-refractivity contribution is 7.10. The quantitative estimate of drug-likeness (QED) is 0.731. The molecule has 1 heterocycles. The lowest BCUT2D eigenvalue weighted by molar-refractivity contribution is 0.234. The number of hydrogen-bond acceptors (Lipinski definition) is 4. The Kier molecular flexibility index (Phi) is 4.93. The SMILES string of the molecule is CN(C)Cc1cc(OCCCO)cs1. The molecule has 14 heavy (non-hydrogen) atoms. The van der Waals surface area contributed by atoms with Crippen molar-refractivity contribution in [1.29, 1.82) is 0 Å². The van der Waals surface area contributed by atoms with Crippen LogP contribution in [0, 0.1) is 0 Å². The van der Waals surface area contributed by atoms with Gasteiger partial charge in [0.1, 0.15) is 5.75 Å². The van der Waals surface area contributed by atoms with Gasteiger partial charge in [0.2, 0.25) is 0 Å². The molecule has 0 atom stereocenters. The van der Waals surface area contributed by atoms with Crippen LogP contribution < -0.4 is 4.74 Å². The smallest absolute Gasteiger partial charge is 0.130 e. The molecule has 80 valence electrons. The molecule has 0 unspecified atom stereocenters. The Morgan fingerprint density at radius 3 is 2.93 bits per heavy atom. The summed E-state index contributed by atoms with van der Waals surface area (Å²) in [5.74, 6) is 0.917. The van der Waals surface area contributed by atoms with Crippen LogP contribution in [-0.4, -0.2) is 37.3 Å². The summed E-state index contributed by atoms with van der Waals surface area (Å²) in [4.78, 5) is 3.43. The van der Waals surface area contributed by atoms with Gasteiger partial charge in [-0.1, -0.05) is 0 Å². The third-order valence-corrected chi connectivity index (χ3v) is 2.57. The molecule has 0 saturated heterocycles. The summed E-state index contributed by atoms with van der Waals surface area (Å²) in [7, 11) is 4.10. The molecule has 0 amide bonds. The summed E-state index contributed by atoms with van der Waals surface area (Å²) in [5.41, 5.74) is 0. The number of thiophene rings is 1. The van der Waals surface area contributed by atoms with Crippen molar-refractivity contribution < 1.29 is 9.84 Å². The van der Waals surface area contributed by atoms with E-state index in [0.717, 1.165) is 12.3 Å². The Morgan fingerprint density at radius 2 is 2.29 bits per heavy atom. The van der Waals surface area contributed by atoms with E-state index in [0.29, 0.717) is 13.0 Å². The summed E-state index contributed by atoms with van der Waals surface area (Å²) in [6, 6.07) is 2.06. The molecule has 1 N–H and O–H groups in total. The lowest BCUT2D eigenvalue weighted by Gasteiger charge is -2.06. The van der Waals surface area contributed by atoms with Crippen molar-refractivity contribution in [2.24, 2.45) is 0 Å². The predicted molar refractivity (Wildman–Crippen MR) is 58.9 cm³/mol. The van der Waals surface area contributed by atoms with E-state index in [1.807, 2.05) is 19.5 Å². The summed E-state index contributed by atoms with van der Waals surface area (Å²) in [6.07, 6.45) is 0.693. The number of aliphatic hydroxyl groups excluding tert-OH is 1. The minimum Gasteiger partial charge on any atom is -0.493 e. The van der Waals surface area contributed by atoms with E-state index in [9.17, 15) is 0 Å². The van der Waals surface area contributed by atoms with Crippen molar-refractivity contribution in [3.05, 3.63) is 16.3 Å². The Hall–Kier alpha value is -0.580. The second-order valence-electron chi connectivity index (χ2n) is 3.41. The largest absolute Gasteiger partial charge is 0.493 e. The summed E-state index contributed by atoms with van der Waals surface area (Å²) in [5, 5.41) is 10.6. The van der Waals surface area contributed by atoms with Gasteiger partial charge in [-0.25, -0.2) is 0 Å². The van der Waals surface area contributed by atoms with E-state index in [-0.39, 0.29) is 6.61 Å². The molecular formula is C10H17NO2S. The zero-order valence-corrected chi connectivity index (χ0v) is 9.51. The van der Waals surface area contributed by atoms with Crippen molar-refractivity contribution in [3.63, 3.8) is 0 Å². The molecule has 0 saturated carbocycles. The fourth-order valence-electron chi connectivity index (χ4n) is 1.09. The van der Waals surface area contributed by atoms with E-state index in [1.54, 1.807) is 11.3 Å². The van der Waals surface area contributed by atoms with Crippen LogP contribution in [0.5, 0.6) is 5.75 Å². The van der Waals surface area contributed by atoms with Crippen molar-refractivity contribution in [3.8, 4) is 5.75 Å². The number of hydrogen-bond donors (Lipinski definition) is 1. The van der Waals surface area contributed by atoms with Crippen LogP contribution in [0.3, 0.4) is 0 Å². The van der Waals surface area contributed by atoms with E-state index in [1.165, 1.54) is 4.88 Å². The van der Waals surface area contributed by atoms with Gasteiger partial charge in [0.25, 0.3) is 0 Å². The van der Waals surface area contributed by atoms with Crippen LogP contribution in [0.15, 0.2) is 11.4 Å². The van der Waals surface area contributed by atoms with Crippen LogP contribution in [0.25, 0.3) is 0 Å². The molecule has 1 rings (SSSR count). The zero-order valence-electron chi connectivity index (χ0n) is 8.69. The van der Waals surface area contributed by atoms with Gasteiger partial charge < -0.3 is 14.7 Å². The van der Waals surface area contributed by atoms with Crippen LogP contribution in [0.2, 0.25) is 0 Å². The third kappa shape index (κ3) is 4.09. The molecule has 0 bridgehead atoms. The van der Waals surface area contributed by atoms with E-state index in [4.69, 9.17) is 9.84 Å². The zero-order chi connectivity index (χ0) is 10.4. The first-order valence-corrected chi connectivity index (χ1v) is 5.56. The fraction of sp³-hybridized carbons (Fsp3) is 0.600. The van der Waals surface area contributed by atoms with Crippen molar-refractivity contribution in [2.75, 3.05) is 27.3 Å². The monoisotopic (exact) mass is 215 g/mol. The number of rotatable bonds is 6. The maximum atomic E-state index is 8.58. The van der Waals surface area contributed by atoms with Crippen LogP contribution >= 0.6 is 11.3 Å². The first-order valence-electron chi connectivity index (χ1n) is 4.68. The molecule has 0 aliphatic heterocycles. The van der Waals surface area contributed by atoms with Gasteiger partial charge in [-0.15, -0.1) is 11.3 Å². The molecule has 0 aliphatic rings. The van der Waals surface area contributed by atoms with Gasteiger partial charge in [-0.2, -0.15) is 0 Å². The Morgan fingerprint density at radius 1 is 1.50 bits per heavy atom. The maximum Gasteiger partial charge on any atom is 0.130 e. The van der Waals surface area contributed by atoms with Gasteiger partial charge in [0.15, 0.2) is 0 Å². The fourth-order valence-corrected chi connectivity index (χ4v) is 2.01. The number of aliphatic hydroxyl groups is 1. The molecule has 0 fully saturated rings. The molecule has 0 spiro atoms. The topological polar surface area (TPSA) is 32.7 Å². The highest BCUT2D eigenvalue weighted by Crippen LogP contribution is 2.22. The summed E-state index contributed by atoms with van der Waals surface area (Å²) >= 11 is 1.71. The lowest BCUT2D eigenvalue weighted by atomic mass is 10.4. The first-order chi connectivity index (χ1) is 6.72. The third-order valence-electron chi connectivity index (χ3n) is 1.67. The Bertz CT molecular complexity index is 260. The average Bonchev–Trinajstić information content (AvgIpc) is 2.52. The molecule has 3 nitrogen and oxygen atoms in total. The highest BCUT2D eigenvalue weighted by Gasteiger charge is 2.01. The van der Waals surface area contributed by atoms with E-state index in [2.05, 4.69) is 11.0 Å². The van der Waals surface area contributed by atoms with Crippen LogP contribution in [0.1, 0.15) is 11.3 Å². The van der Waals surface area contributed by atoms with Gasteiger partial charge in [0, 0.05) is 29.8 Å². The summed E-state index contributed by atoms with van der Waals surface area (Å²) < 4.78 is 5.44. The molecule has 0 aliphatic carbocycles. The second kappa shape index (κ2) is 6.01. The van der Waals surface area contributed by atoms with Gasteiger partial charge in [-0.3, -0.25) is 0 Å². The van der Waals surface area contributed by atoms with Gasteiger partial charge >= 0.3 is 0 Å². The average molecular weight is 215 g/mol. The number of ether oxygens (including phenoxy) is 1. The van der Waals surface area contributed by atoms with E-state index >= 15 is 0 Å². The second-order valence-corrected chi connectivity index (χ2v) is 4.41. The van der Waals surface area contributed by atoms with Gasteiger partial charge in [-0.05, 0) is 20.2 Å². The highest BCUT2D eigenvalue weighted by atomic mass is 32.1.